The molecule has 33 heavy (non-hydrogen) atoms. The van der Waals surface area contributed by atoms with Gasteiger partial charge >= 0.3 is 5.69 Å². The third-order valence-corrected chi connectivity index (χ3v) is 8.11. The van der Waals surface area contributed by atoms with Gasteiger partial charge in [0.25, 0.3) is 0 Å². The minimum Gasteiger partial charge on any atom is -0.346 e. The van der Waals surface area contributed by atoms with Crippen LogP contribution in [0.3, 0.4) is 0 Å². The Balaban J connectivity index is 1.32. The van der Waals surface area contributed by atoms with Crippen molar-refractivity contribution in [3.63, 3.8) is 0 Å². The van der Waals surface area contributed by atoms with E-state index in [1.165, 1.54) is 43.2 Å². The summed E-state index contributed by atoms with van der Waals surface area (Å²) in [4.78, 5) is 26.8. The van der Waals surface area contributed by atoms with Crippen molar-refractivity contribution >= 4 is 22.1 Å². The van der Waals surface area contributed by atoms with Gasteiger partial charge in [-0.05, 0) is 61.7 Å². The molecule has 172 valence electrons. The van der Waals surface area contributed by atoms with Crippen molar-refractivity contribution in [2.24, 2.45) is 5.92 Å². The minimum atomic E-state index is 0.00822. The van der Waals surface area contributed by atoms with E-state index >= 15 is 0 Å². The van der Waals surface area contributed by atoms with Crippen LogP contribution in [0.25, 0.3) is 22.1 Å². The van der Waals surface area contributed by atoms with Gasteiger partial charge in [0.2, 0.25) is 0 Å². The van der Waals surface area contributed by atoms with Gasteiger partial charge in [-0.25, -0.2) is 9.78 Å². The van der Waals surface area contributed by atoms with Crippen molar-refractivity contribution in [2.75, 3.05) is 13.1 Å². The second kappa shape index (κ2) is 8.49. The van der Waals surface area contributed by atoms with E-state index < -0.39 is 0 Å². The Kier molecular flexibility index (Phi) is 5.33. The average molecular weight is 444 g/mol. The van der Waals surface area contributed by atoms with E-state index in [0.717, 1.165) is 48.1 Å². The highest BCUT2D eigenvalue weighted by atomic mass is 16.1. The van der Waals surface area contributed by atoms with Crippen LogP contribution in [0.5, 0.6) is 0 Å². The first kappa shape index (κ1) is 20.7. The largest absolute Gasteiger partial charge is 0.346 e. The number of imidazole rings is 1. The van der Waals surface area contributed by atoms with E-state index in [9.17, 15) is 4.79 Å². The van der Waals surface area contributed by atoms with E-state index in [2.05, 4.69) is 67.9 Å². The molecule has 1 aliphatic heterocycles. The molecule has 6 nitrogen and oxygen atoms in total. The number of aromatic nitrogens is 4. The van der Waals surface area contributed by atoms with Crippen LogP contribution in [0.1, 0.15) is 68.5 Å². The summed E-state index contributed by atoms with van der Waals surface area (Å²) in [7, 11) is 0. The number of pyridine rings is 1. The van der Waals surface area contributed by atoms with Crippen molar-refractivity contribution in [3.05, 3.63) is 64.3 Å². The molecule has 0 bridgehead atoms. The molecule has 6 heteroatoms. The molecular weight excluding hydrogens is 410 g/mol. The summed E-state index contributed by atoms with van der Waals surface area (Å²) in [6, 6.07) is 11.2. The van der Waals surface area contributed by atoms with Gasteiger partial charge in [0.1, 0.15) is 5.65 Å². The number of fused-ring (bicyclic) bond motifs is 3. The molecular formula is C27H33N5O. The zero-order chi connectivity index (χ0) is 22.4. The maximum absolute atomic E-state index is 13.1. The molecule has 2 N–H and O–H groups in total. The Hall–Kier alpha value is -2.86. The summed E-state index contributed by atoms with van der Waals surface area (Å²) >= 11 is 0. The molecule has 0 amide bonds. The smallest absolute Gasteiger partial charge is 0.326 e. The number of hydrogen-bond acceptors (Lipinski definition) is 3. The SMILES string of the molecule is C[C@@H]1CCCC[C@@H]1n1c(=O)[nH]c2cnc3[nH]cc(CN4CCC(c5ccccc5)CC4)c3c21. The Morgan fingerprint density at radius 2 is 1.85 bits per heavy atom. The number of nitrogens with one attached hydrogen (secondary N) is 2. The molecule has 4 heterocycles. The van der Waals surface area contributed by atoms with Gasteiger partial charge in [0.15, 0.2) is 0 Å². The van der Waals surface area contributed by atoms with Gasteiger partial charge in [0.05, 0.1) is 17.2 Å². The van der Waals surface area contributed by atoms with Crippen LogP contribution in [0.15, 0.2) is 47.5 Å². The molecule has 0 radical (unpaired) electrons. The summed E-state index contributed by atoms with van der Waals surface area (Å²) < 4.78 is 2.06. The fourth-order valence-electron chi connectivity index (χ4n) is 6.27. The number of H-pyrrole nitrogens is 2. The molecule has 2 atom stereocenters. The third kappa shape index (κ3) is 3.70. The van der Waals surface area contributed by atoms with E-state index in [1.54, 1.807) is 0 Å². The summed E-state index contributed by atoms with van der Waals surface area (Å²) in [5.74, 6) is 1.17. The second-order valence-corrected chi connectivity index (χ2v) is 10.1. The lowest BCUT2D eigenvalue weighted by Gasteiger charge is -2.32. The fourth-order valence-corrected chi connectivity index (χ4v) is 6.27. The van der Waals surface area contributed by atoms with Crippen molar-refractivity contribution in [1.82, 2.24) is 24.4 Å². The minimum absolute atomic E-state index is 0.00822. The molecule has 4 aromatic rings. The lowest BCUT2D eigenvalue weighted by Crippen LogP contribution is -2.32. The van der Waals surface area contributed by atoms with Gasteiger partial charge in [-0.2, -0.15) is 0 Å². The zero-order valence-corrected chi connectivity index (χ0v) is 19.4. The molecule has 1 aliphatic carbocycles. The first-order chi connectivity index (χ1) is 16.2. The highest BCUT2D eigenvalue weighted by Gasteiger charge is 2.28. The van der Waals surface area contributed by atoms with Crippen LogP contribution in [-0.4, -0.2) is 37.5 Å². The number of piperidine rings is 1. The van der Waals surface area contributed by atoms with Crippen molar-refractivity contribution in [1.29, 1.82) is 0 Å². The first-order valence-corrected chi connectivity index (χ1v) is 12.6. The molecule has 2 aliphatic rings. The number of aromatic amines is 2. The molecule has 2 fully saturated rings. The summed E-state index contributed by atoms with van der Waals surface area (Å²) in [6.07, 6.45) is 11.0. The molecule has 0 unspecified atom stereocenters. The van der Waals surface area contributed by atoms with Crippen molar-refractivity contribution < 1.29 is 0 Å². The van der Waals surface area contributed by atoms with Crippen LogP contribution in [-0.2, 0) is 6.54 Å². The lowest BCUT2D eigenvalue weighted by atomic mass is 9.85. The van der Waals surface area contributed by atoms with Crippen LogP contribution < -0.4 is 5.69 Å². The topological polar surface area (TPSA) is 69.7 Å². The monoisotopic (exact) mass is 443 g/mol. The van der Waals surface area contributed by atoms with E-state index in [0.29, 0.717) is 11.8 Å². The average Bonchev–Trinajstić information content (AvgIpc) is 3.40. The molecule has 1 saturated carbocycles. The van der Waals surface area contributed by atoms with Crippen LogP contribution in [0.2, 0.25) is 0 Å². The summed E-state index contributed by atoms with van der Waals surface area (Å²) in [5.41, 5.74) is 5.50. The number of hydrogen-bond donors (Lipinski definition) is 2. The predicted octanol–water partition coefficient (Wildman–Crippen LogP) is 5.34. The molecule has 1 saturated heterocycles. The highest BCUT2D eigenvalue weighted by Crippen LogP contribution is 2.37. The van der Waals surface area contributed by atoms with E-state index in [1.807, 2.05) is 6.20 Å². The second-order valence-electron chi connectivity index (χ2n) is 10.1. The van der Waals surface area contributed by atoms with Crippen LogP contribution >= 0.6 is 0 Å². The summed E-state index contributed by atoms with van der Waals surface area (Å²) in [6.45, 7) is 5.37. The zero-order valence-electron chi connectivity index (χ0n) is 19.4. The normalized spacial score (nSPS) is 22.9. The van der Waals surface area contributed by atoms with Gasteiger partial charge in [-0.15, -0.1) is 0 Å². The molecule has 0 spiro atoms. The molecule has 3 aromatic heterocycles. The van der Waals surface area contributed by atoms with E-state index in [4.69, 9.17) is 0 Å². The molecule has 1 aromatic carbocycles. The molecule has 6 rings (SSSR count). The Labute approximate surface area is 194 Å². The van der Waals surface area contributed by atoms with Gasteiger partial charge in [-0.1, -0.05) is 50.1 Å². The quantitative estimate of drug-likeness (QED) is 0.447. The standard InChI is InChI=1S/C27H33N5O/c1-18-7-5-6-10-23(18)32-25-22(30-27(32)33)16-29-26-24(25)21(15-28-26)17-31-13-11-20(12-14-31)19-8-3-2-4-9-19/h2-4,8-9,15-16,18,20,23H,5-7,10-14,17H2,1H3,(H,28,29)(H,30,33)/t18-,23+/m1/s1. The third-order valence-electron chi connectivity index (χ3n) is 8.11. The lowest BCUT2D eigenvalue weighted by molar-refractivity contribution is 0.205. The van der Waals surface area contributed by atoms with Crippen molar-refractivity contribution in [3.8, 4) is 0 Å². The van der Waals surface area contributed by atoms with E-state index in [-0.39, 0.29) is 11.7 Å². The number of rotatable bonds is 4. The van der Waals surface area contributed by atoms with Gasteiger partial charge in [0, 0.05) is 24.2 Å². The summed E-state index contributed by atoms with van der Waals surface area (Å²) in [5, 5.41) is 1.12. The first-order valence-electron chi connectivity index (χ1n) is 12.6. The number of nitrogens with zero attached hydrogens (tertiary/aromatic N) is 3. The Bertz CT molecular complexity index is 1310. The van der Waals surface area contributed by atoms with Crippen molar-refractivity contribution in [2.45, 2.75) is 64.0 Å². The van der Waals surface area contributed by atoms with Gasteiger partial charge in [-0.3, -0.25) is 9.47 Å². The number of likely N-dealkylation sites (tertiary alicyclic amines) is 1. The Morgan fingerprint density at radius 3 is 2.64 bits per heavy atom. The maximum atomic E-state index is 13.1. The number of benzene rings is 1. The van der Waals surface area contributed by atoms with Crippen LogP contribution in [0, 0.1) is 5.92 Å². The maximum Gasteiger partial charge on any atom is 0.326 e. The highest BCUT2D eigenvalue weighted by molar-refractivity contribution is 6.03. The van der Waals surface area contributed by atoms with Gasteiger partial charge < -0.3 is 9.97 Å². The fraction of sp³-hybridized carbons (Fsp3) is 0.481. The van der Waals surface area contributed by atoms with Crippen LogP contribution in [0.4, 0.5) is 0 Å². The predicted molar refractivity (Wildman–Crippen MR) is 133 cm³/mol. The Morgan fingerprint density at radius 1 is 1.06 bits per heavy atom.